The molecule has 2 amide bonds. The first kappa shape index (κ1) is 14.9. The first-order valence-electron chi connectivity index (χ1n) is 6.14. The smallest absolute Gasteiger partial charge is 0.323 e. The van der Waals surface area contributed by atoms with Crippen molar-refractivity contribution in [1.29, 1.82) is 0 Å². The maximum absolute atomic E-state index is 12.1. The van der Waals surface area contributed by atoms with Crippen LogP contribution in [-0.4, -0.2) is 39.7 Å². The molecule has 0 fully saturated rings. The average molecular weight is 271 g/mol. The summed E-state index contributed by atoms with van der Waals surface area (Å²) in [5, 5.41) is 12.8. The van der Waals surface area contributed by atoms with Gasteiger partial charge < -0.3 is 10.0 Å². The lowest BCUT2D eigenvalue weighted by Gasteiger charge is -2.27. The first-order valence-corrected chi connectivity index (χ1v) is 6.96. The average Bonchev–Trinajstić information content (AvgIpc) is 2.72. The van der Waals surface area contributed by atoms with Gasteiger partial charge in [-0.1, -0.05) is 6.92 Å². The van der Waals surface area contributed by atoms with Crippen LogP contribution in [0.25, 0.3) is 0 Å². The molecule has 1 aromatic rings. The van der Waals surface area contributed by atoms with E-state index in [0.29, 0.717) is 11.7 Å². The van der Waals surface area contributed by atoms with Crippen LogP contribution >= 0.6 is 11.3 Å². The summed E-state index contributed by atoms with van der Waals surface area (Å²) in [6.07, 6.45) is 2.14. The van der Waals surface area contributed by atoms with E-state index in [1.54, 1.807) is 18.0 Å². The third kappa shape index (κ3) is 4.27. The fourth-order valence-electron chi connectivity index (χ4n) is 1.50. The van der Waals surface area contributed by atoms with Crippen LogP contribution < -0.4 is 5.32 Å². The second-order valence-corrected chi connectivity index (χ2v) is 5.63. The summed E-state index contributed by atoms with van der Waals surface area (Å²) in [5.41, 5.74) is 0. The maximum atomic E-state index is 12.1. The van der Waals surface area contributed by atoms with Crippen molar-refractivity contribution < 1.29 is 9.90 Å². The third-order valence-corrected chi connectivity index (χ3v) is 3.52. The van der Waals surface area contributed by atoms with Gasteiger partial charge in [-0.15, -0.1) is 11.3 Å². The van der Waals surface area contributed by atoms with Crippen molar-refractivity contribution in [3.05, 3.63) is 11.1 Å². The van der Waals surface area contributed by atoms with Gasteiger partial charge in [-0.3, -0.25) is 5.32 Å². The minimum atomic E-state index is -0.541. The molecule has 1 heterocycles. The highest BCUT2D eigenvalue weighted by molar-refractivity contribution is 7.15. The predicted molar refractivity (Wildman–Crippen MR) is 74.0 cm³/mol. The number of rotatable bonds is 5. The van der Waals surface area contributed by atoms with Crippen LogP contribution in [0.15, 0.2) is 6.20 Å². The topological polar surface area (TPSA) is 65.5 Å². The molecule has 2 N–H and O–H groups in total. The molecule has 1 atom stereocenters. The van der Waals surface area contributed by atoms with E-state index in [1.165, 1.54) is 11.3 Å². The minimum absolute atomic E-state index is 0.0326. The molecule has 0 aromatic carbocycles. The Morgan fingerprint density at radius 3 is 2.67 bits per heavy atom. The Morgan fingerprint density at radius 2 is 2.22 bits per heavy atom. The van der Waals surface area contributed by atoms with E-state index in [2.05, 4.69) is 10.3 Å². The van der Waals surface area contributed by atoms with Crippen LogP contribution in [0.5, 0.6) is 0 Å². The Labute approximate surface area is 112 Å². The van der Waals surface area contributed by atoms with Gasteiger partial charge in [-0.05, 0) is 27.2 Å². The van der Waals surface area contributed by atoms with E-state index in [9.17, 15) is 9.90 Å². The van der Waals surface area contributed by atoms with Crippen LogP contribution in [-0.2, 0) is 6.42 Å². The molecule has 102 valence electrons. The molecule has 0 aliphatic carbocycles. The van der Waals surface area contributed by atoms with Crippen molar-refractivity contribution in [3.63, 3.8) is 0 Å². The van der Waals surface area contributed by atoms with E-state index in [-0.39, 0.29) is 12.1 Å². The first-order chi connectivity index (χ1) is 8.43. The molecule has 0 saturated heterocycles. The number of aryl methyl sites for hydroxylation is 1. The van der Waals surface area contributed by atoms with E-state index < -0.39 is 6.10 Å². The summed E-state index contributed by atoms with van der Waals surface area (Å²) in [6, 6.07) is -0.187. The Hall–Kier alpha value is -1.14. The molecule has 6 heteroatoms. The summed E-state index contributed by atoms with van der Waals surface area (Å²) in [6.45, 7) is 7.87. The summed E-state index contributed by atoms with van der Waals surface area (Å²) < 4.78 is 0. The maximum Gasteiger partial charge on any atom is 0.323 e. The molecule has 5 nitrogen and oxygen atoms in total. The van der Waals surface area contributed by atoms with Crippen LogP contribution in [0, 0.1) is 0 Å². The van der Waals surface area contributed by atoms with Gasteiger partial charge in [0.2, 0.25) is 0 Å². The van der Waals surface area contributed by atoms with Crippen molar-refractivity contribution >= 4 is 22.5 Å². The zero-order valence-corrected chi connectivity index (χ0v) is 12.1. The number of carbonyl (C=O) groups is 1. The largest absolute Gasteiger partial charge is 0.392 e. The number of nitrogens with one attached hydrogen (secondary N) is 1. The number of urea groups is 1. The molecule has 0 aliphatic rings. The Morgan fingerprint density at radius 1 is 1.56 bits per heavy atom. The number of amides is 2. The number of carbonyl (C=O) groups excluding carboxylic acids is 1. The van der Waals surface area contributed by atoms with Gasteiger partial charge in [0.25, 0.3) is 0 Å². The molecule has 0 aliphatic heterocycles. The normalized spacial score (nSPS) is 12.6. The number of aliphatic hydroxyl groups is 1. The van der Waals surface area contributed by atoms with Crippen molar-refractivity contribution in [2.24, 2.45) is 0 Å². The molecular weight excluding hydrogens is 250 g/mol. The van der Waals surface area contributed by atoms with Gasteiger partial charge in [0.05, 0.1) is 6.10 Å². The quantitative estimate of drug-likeness (QED) is 0.864. The van der Waals surface area contributed by atoms with E-state index in [1.807, 2.05) is 20.8 Å². The standard InChI is InChI=1S/C12H21N3O2S/c1-5-10-6-13-11(18-10)14-12(17)15(8(2)3)7-9(4)16/h6,8-9,16H,5,7H2,1-4H3,(H,13,14,17). The van der Waals surface area contributed by atoms with Crippen LogP contribution in [0.3, 0.4) is 0 Å². The Balaban J connectivity index is 2.66. The summed E-state index contributed by atoms with van der Waals surface area (Å²) in [7, 11) is 0. The second-order valence-electron chi connectivity index (χ2n) is 4.51. The lowest BCUT2D eigenvalue weighted by molar-refractivity contribution is 0.125. The number of hydrogen-bond acceptors (Lipinski definition) is 4. The highest BCUT2D eigenvalue weighted by Crippen LogP contribution is 2.19. The van der Waals surface area contributed by atoms with E-state index >= 15 is 0 Å². The van der Waals surface area contributed by atoms with Gasteiger partial charge in [-0.2, -0.15) is 0 Å². The Bertz CT molecular complexity index is 390. The zero-order chi connectivity index (χ0) is 13.7. The summed E-state index contributed by atoms with van der Waals surface area (Å²) in [4.78, 5) is 18.9. The van der Waals surface area contributed by atoms with Gasteiger partial charge in [0.15, 0.2) is 5.13 Å². The number of hydrogen-bond donors (Lipinski definition) is 2. The number of thiazole rings is 1. The zero-order valence-electron chi connectivity index (χ0n) is 11.3. The lowest BCUT2D eigenvalue weighted by Crippen LogP contribution is -2.43. The predicted octanol–water partition coefficient (Wildman–Crippen LogP) is 2.33. The molecule has 0 radical (unpaired) electrons. The van der Waals surface area contributed by atoms with E-state index in [0.717, 1.165) is 11.3 Å². The summed E-state index contributed by atoms with van der Waals surface area (Å²) >= 11 is 1.48. The summed E-state index contributed by atoms with van der Waals surface area (Å²) in [5.74, 6) is 0. The third-order valence-electron chi connectivity index (χ3n) is 2.46. The van der Waals surface area contributed by atoms with Crippen molar-refractivity contribution in [1.82, 2.24) is 9.88 Å². The number of aliphatic hydroxyl groups excluding tert-OH is 1. The molecule has 0 saturated carbocycles. The monoisotopic (exact) mass is 271 g/mol. The number of aromatic nitrogens is 1. The van der Waals surface area contributed by atoms with Crippen LogP contribution in [0.1, 0.15) is 32.6 Å². The van der Waals surface area contributed by atoms with Gasteiger partial charge in [0, 0.05) is 23.7 Å². The highest BCUT2D eigenvalue weighted by atomic mass is 32.1. The molecule has 0 spiro atoms. The number of nitrogens with zero attached hydrogens (tertiary/aromatic N) is 2. The molecule has 18 heavy (non-hydrogen) atoms. The Kier molecular flexibility index (Phi) is 5.55. The van der Waals surface area contributed by atoms with Crippen LogP contribution in [0.4, 0.5) is 9.93 Å². The van der Waals surface area contributed by atoms with E-state index in [4.69, 9.17) is 0 Å². The molecular formula is C12H21N3O2S. The molecule has 1 aromatic heterocycles. The minimum Gasteiger partial charge on any atom is -0.392 e. The van der Waals surface area contributed by atoms with Crippen LogP contribution in [0.2, 0.25) is 0 Å². The molecule has 1 unspecified atom stereocenters. The van der Waals surface area contributed by atoms with Gasteiger partial charge in [0.1, 0.15) is 0 Å². The fraction of sp³-hybridized carbons (Fsp3) is 0.667. The van der Waals surface area contributed by atoms with Crippen molar-refractivity contribution in [3.8, 4) is 0 Å². The molecule has 0 bridgehead atoms. The van der Waals surface area contributed by atoms with Gasteiger partial charge in [-0.25, -0.2) is 9.78 Å². The second kappa shape index (κ2) is 6.70. The SMILES string of the molecule is CCc1cnc(NC(=O)N(CC(C)O)C(C)C)s1. The van der Waals surface area contributed by atoms with Crippen molar-refractivity contribution in [2.45, 2.75) is 46.3 Å². The highest BCUT2D eigenvalue weighted by Gasteiger charge is 2.19. The fourth-order valence-corrected chi connectivity index (χ4v) is 2.25. The van der Waals surface area contributed by atoms with Crippen molar-refractivity contribution in [2.75, 3.05) is 11.9 Å². The lowest BCUT2D eigenvalue weighted by atomic mass is 10.3. The van der Waals surface area contributed by atoms with Gasteiger partial charge >= 0.3 is 6.03 Å². The number of anilines is 1. The molecule has 1 rings (SSSR count).